The van der Waals surface area contributed by atoms with Gasteiger partial charge in [0.25, 0.3) is 5.91 Å². The molecule has 15 heavy (non-hydrogen) atoms. The highest BCUT2D eigenvalue weighted by atomic mass is 16.2. The summed E-state index contributed by atoms with van der Waals surface area (Å²) in [5, 5.41) is 0. The number of amides is 1. The summed E-state index contributed by atoms with van der Waals surface area (Å²) in [6.45, 7) is 15.4. The topological polar surface area (TPSA) is 20.3 Å². The second-order valence-corrected chi connectivity index (χ2v) is 2.82. The largest absolute Gasteiger partial charge is 0.345 e. The molecule has 0 aliphatic rings. The van der Waals surface area contributed by atoms with Gasteiger partial charge in [0.2, 0.25) is 0 Å². The zero-order chi connectivity index (χ0) is 13.0. The maximum atomic E-state index is 11.3. The predicted molar refractivity (Wildman–Crippen MR) is 70.0 cm³/mol. The van der Waals surface area contributed by atoms with Crippen LogP contribution in [0.3, 0.4) is 0 Å². The van der Waals surface area contributed by atoms with Gasteiger partial charge in [0.1, 0.15) is 0 Å². The van der Waals surface area contributed by atoms with Crippen LogP contribution in [0.1, 0.15) is 41.5 Å². The molecule has 0 fully saturated rings. The van der Waals surface area contributed by atoms with Crippen LogP contribution in [-0.2, 0) is 4.79 Å². The van der Waals surface area contributed by atoms with Crippen LogP contribution in [0.4, 0.5) is 0 Å². The Hall–Kier alpha value is -1.05. The van der Waals surface area contributed by atoms with E-state index in [0.717, 1.165) is 5.57 Å². The highest BCUT2D eigenvalue weighted by Gasteiger charge is 2.08. The van der Waals surface area contributed by atoms with Crippen LogP contribution < -0.4 is 0 Å². The van der Waals surface area contributed by atoms with Gasteiger partial charge in [0, 0.05) is 19.7 Å². The summed E-state index contributed by atoms with van der Waals surface area (Å²) in [6, 6.07) is 0. The van der Waals surface area contributed by atoms with E-state index in [0.29, 0.717) is 5.57 Å². The quantitative estimate of drug-likeness (QED) is 0.506. The highest BCUT2D eigenvalue weighted by Crippen LogP contribution is 2.06. The highest BCUT2D eigenvalue weighted by molar-refractivity contribution is 5.96. The molecule has 0 saturated heterocycles. The molecule has 2 nitrogen and oxygen atoms in total. The zero-order valence-corrected chi connectivity index (χ0v) is 11.6. The molecule has 0 aromatic rings. The Labute approximate surface area is 95.7 Å². The summed E-state index contributed by atoms with van der Waals surface area (Å²) in [4.78, 5) is 12.9. The fraction of sp³-hybridized carbons (Fsp3) is 0.615. The van der Waals surface area contributed by atoms with Crippen molar-refractivity contribution in [2.45, 2.75) is 41.5 Å². The van der Waals surface area contributed by atoms with Crippen molar-refractivity contribution in [3.05, 3.63) is 23.8 Å². The van der Waals surface area contributed by atoms with Crippen molar-refractivity contribution in [3.8, 4) is 0 Å². The first-order valence-electron chi connectivity index (χ1n) is 5.52. The number of hydrogen-bond donors (Lipinski definition) is 0. The number of hydrogen-bond acceptors (Lipinski definition) is 1. The van der Waals surface area contributed by atoms with E-state index in [1.165, 1.54) is 0 Å². The zero-order valence-electron chi connectivity index (χ0n) is 11.6. The van der Waals surface area contributed by atoms with Crippen molar-refractivity contribution in [2.75, 3.05) is 14.1 Å². The molecule has 0 aromatic carbocycles. The summed E-state index contributed by atoms with van der Waals surface area (Å²) >= 11 is 0. The van der Waals surface area contributed by atoms with E-state index in [9.17, 15) is 4.79 Å². The van der Waals surface area contributed by atoms with Crippen LogP contribution in [0.25, 0.3) is 0 Å². The fourth-order valence-electron chi connectivity index (χ4n) is 0.746. The molecule has 0 N–H and O–H groups in total. The standard InChI is InChI=1S/C9H15NO.2C2H6/c1-6-8(7(2)3)9(11)10(4)5;2*1-2/h6H,1H2,2-5H3;2*1-2H3. The van der Waals surface area contributed by atoms with Crippen molar-refractivity contribution in [2.24, 2.45) is 0 Å². The van der Waals surface area contributed by atoms with E-state index in [-0.39, 0.29) is 5.91 Å². The SMILES string of the molecule is C=CC(C(=O)N(C)C)=C(C)C.CC.CC. The number of carbonyl (C=O) groups excluding carboxylic acids is 1. The van der Waals surface area contributed by atoms with E-state index in [1.54, 1.807) is 25.1 Å². The van der Waals surface area contributed by atoms with E-state index in [2.05, 4.69) is 6.58 Å². The van der Waals surface area contributed by atoms with Crippen LogP contribution >= 0.6 is 0 Å². The average molecular weight is 213 g/mol. The van der Waals surface area contributed by atoms with Crippen LogP contribution in [-0.4, -0.2) is 24.9 Å². The minimum atomic E-state index is 0.0139. The molecular weight excluding hydrogens is 186 g/mol. The first kappa shape index (κ1) is 19.5. The van der Waals surface area contributed by atoms with Gasteiger partial charge in [0.15, 0.2) is 0 Å². The maximum absolute atomic E-state index is 11.3. The Morgan fingerprint density at radius 3 is 1.47 bits per heavy atom. The molecule has 1 amide bonds. The van der Waals surface area contributed by atoms with Gasteiger partial charge < -0.3 is 4.90 Å². The van der Waals surface area contributed by atoms with Gasteiger partial charge in [-0.25, -0.2) is 0 Å². The van der Waals surface area contributed by atoms with Gasteiger partial charge in [-0.05, 0) is 13.8 Å². The molecule has 0 atom stereocenters. The number of carbonyl (C=O) groups is 1. The number of rotatable bonds is 2. The lowest BCUT2D eigenvalue weighted by Gasteiger charge is -2.11. The third-order valence-electron chi connectivity index (χ3n) is 1.38. The second-order valence-electron chi connectivity index (χ2n) is 2.82. The molecule has 0 unspecified atom stereocenters. The fourth-order valence-corrected chi connectivity index (χ4v) is 0.746. The first-order chi connectivity index (χ1) is 7.00. The Bertz CT molecular complexity index is 199. The molecule has 0 aromatic heterocycles. The molecule has 0 bridgehead atoms. The third kappa shape index (κ3) is 9.26. The molecule has 0 spiro atoms. The van der Waals surface area contributed by atoms with E-state index in [4.69, 9.17) is 0 Å². The first-order valence-corrected chi connectivity index (χ1v) is 5.52. The molecule has 0 radical (unpaired) electrons. The van der Waals surface area contributed by atoms with Crippen molar-refractivity contribution in [1.82, 2.24) is 4.90 Å². The van der Waals surface area contributed by atoms with Gasteiger partial charge in [-0.15, -0.1) is 0 Å². The molecule has 0 rings (SSSR count). The maximum Gasteiger partial charge on any atom is 0.253 e. The van der Waals surface area contributed by atoms with Crippen molar-refractivity contribution < 1.29 is 4.79 Å². The van der Waals surface area contributed by atoms with E-state index < -0.39 is 0 Å². The smallest absolute Gasteiger partial charge is 0.253 e. The second kappa shape index (κ2) is 12.9. The Morgan fingerprint density at radius 2 is 1.40 bits per heavy atom. The summed E-state index contributed by atoms with van der Waals surface area (Å²) in [5.74, 6) is 0.0139. The van der Waals surface area contributed by atoms with Gasteiger partial charge in [-0.3, -0.25) is 4.79 Å². The molecule has 0 aliphatic carbocycles. The molecule has 2 heteroatoms. The molecule has 90 valence electrons. The minimum Gasteiger partial charge on any atom is -0.345 e. The normalized spacial score (nSPS) is 7.20. The lowest BCUT2D eigenvalue weighted by atomic mass is 10.1. The van der Waals surface area contributed by atoms with Gasteiger partial charge in [-0.2, -0.15) is 0 Å². The molecular formula is C13H27NO. The number of nitrogens with zero attached hydrogens (tertiary/aromatic N) is 1. The summed E-state index contributed by atoms with van der Waals surface area (Å²) in [7, 11) is 3.46. The van der Waals surface area contributed by atoms with Crippen LogP contribution in [0, 0.1) is 0 Å². The Kier molecular flexibility index (Phi) is 16.8. The summed E-state index contributed by atoms with van der Waals surface area (Å²) in [5.41, 5.74) is 1.69. The molecule has 0 saturated carbocycles. The van der Waals surface area contributed by atoms with Gasteiger partial charge >= 0.3 is 0 Å². The third-order valence-corrected chi connectivity index (χ3v) is 1.38. The van der Waals surface area contributed by atoms with Crippen LogP contribution in [0.15, 0.2) is 23.8 Å². The number of allylic oxidation sites excluding steroid dienone is 1. The molecule has 0 aliphatic heterocycles. The van der Waals surface area contributed by atoms with E-state index in [1.807, 2.05) is 41.5 Å². The lowest BCUT2D eigenvalue weighted by molar-refractivity contribution is -0.124. The Balaban J connectivity index is -0.000000318. The summed E-state index contributed by atoms with van der Waals surface area (Å²) in [6.07, 6.45) is 1.59. The van der Waals surface area contributed by atoms with Crippen molar-refractivity contribution in [3.63, 3.8) is 0 Å². The van der Waals surface area contributed by atoms with Crippen LogP contribution in [0.5, 0.6) is 0 Å². The van der Waals surface area contributed by atoms with Crippen molar-refractivity contribution >= 4 is 5.91 Å². The minimum absolute atomic E-state index is 0.0139. The average Bonchev–Trinajstić information content (AvgIpc) is 2.24. The number of likely N-dealkylation sites (N-methyl/N-ethyl adjacent to an activating group) is 1. The lowest BCUT2D eigenvalue weighted by Crippen LogP contribution is -2.23. The monoisotopic (exact) mass is 213 g/mol. The van der Waals surface area contributed by atoms with Gasteiger partial charge in [-0.1, -0.05) is 45.9 Å². The molecule has 0 heterocycles. The predicted octanol–water partition coefficient (Wildman–Crippen LogP) is 3.65. The Morgan fingerprint density at radius 1 is 1.07 bits per heavy atom. The van der Waals surface area contributed by atoms with Crippen molar-refractivity contribution in [1.29, 1.82) is 0 Å². The summed E-state index contributed by atoms with van der Waals surface area (Å²) < 4.78 is 0. The van der Waals surface area contributed by atoms with Crippen LogP contribution in [0.2, 0.25) is 0 Å². The van der Waals surface area contributed by atoms with Gasteiger partial charge in [0.05, 0.1) is 0 Å². The van der Waals surface area contributed by atoms with E-state index >= 15 is 0 Å².